The Hall–Kier alpha value is -2.57. The van der Waals surface area contributed by atoms with Crippen LogP contribution in [0, 0.1) is 0 Å². The minimum atomic E-state index is -0.268. The molecule has 142 valence electrons. The molecule has 0 aromatic heterocycles. The fourth-order valence-corrected chi connectivity index (χ4v) is 3.04. The van der Waals surface area contributed by atoms with Gasteiger partial charge in [0.25, 0.3) is 0 Å². The van der Waals surface area contributed by atoms with Crippen LogP contribution in [0.4, 0.5) is 10.5 Å². The summed E-state index contributed by atoms with van der Waals surface area (Å²) in [5.74, 6) is 0.144. The summed E-state index contributed by atoms with van der Waals surface area (Å²) in [5.41, 5.74) is 2.75. The minimum Gasteiger partial charge on any atom is -0.344 e. The van der Waals surface area contributed by atoms with Crippen LogP contribution in [0.2, 0.25) is 5.02 Å². The number of hydrogen-bond acceptors (Lipinski definition) is 3. The number of rotatable bonds is 6. The number of hydrogen-bond donors (Lipinski definition) is 3. The third-order valence-electron chi connectivity index (χ3n) is 4.56. The topological polar surface area (TPSA) is 73.5 Å². The van der Waals surface area contributed by atoms with Gasteiger partial charge in [-0.25, -0.2) is 4.79 Å². The molecule has 1 fully saturated rings. The quantitative estimate of drug-likeness (QED) is 0.714. The highest BCUT2D eigenvalue weighted by Gasteiger charge is 2.28. The zero-order valence-electron chi connectivity index (χ0n) is 15.2. The van der Waals surface area contributed by atoms with E-state index in [0.29, 0.717) is 23.8 Å². The molecule has 2 aromatic rings. The standard InChI is InChI=1S/C20H23ClN4O2/c1-25-11-10-18(19(25)26)22-12-15-4-8-17(9-5-15)24-20(27)23-13-14-2-6-16(21)7-3-14/h2-9,18,22H,10-13H2,1H3,(H2,23,24,27). The monoisotopic (exact) mass is 386 g/mol. The van der Waals surface area contributed by atoms with Crippen molar-refractivity contribution in [3.05, 3.63) is 64.7 Å². The van der Waals surface area contributed by atoms with E-state index in [1.807, 2.05) is 43.4 Å². The van der Waals surface area contributed by atoms with Crippen molar-refractivity contribution in [3.63, 3.8) is 0 Å². The molecule has 1 saturated heterocycles. The summed E-state index contributed by atoms with van der Waals surface area (Å²) in [6.45, 7) is 1.84. The third-order valence-corrected chi connectivity index (χ3v) is 4.81. The van der Waals surface area contributed by atoms with Crippen LogP contribution in [0.3, 0.4) is 0 Å². The van der Waals surface area contributed by atoms with Crippen molar-refractivity contribution in [1.29, 1.82) is 0 Å². The predicted molar refractivity (Wildman–Crippen MR) is 107 cm³/mol. The van der Waals surface area contributed by atoms with Gasteiger partial charge in [-0.1, -0.05) is 35.9 Å². The van der Waals surface area contributed by atoms with Gasteiger partial charge in [-0.2, -0.15) is 0 Å². The van der Waals surface area contributed by atoms with Gasteiger partial charge < -0.3 is 20.9 Å². The maximum Gasteiger partial charge on any atom is 0.319 e. The Labute approximate surface area is 163 Å². The average Bonchev–Trinajstić information content (AvgIpc) is 2.99. The van der Waals surface area contributed by atoms with Crippen LogP contribution in [0.1, 0.15) is 17.5 Å². The number of anilines is 1. The number of amides is 3. The first-order chi connectivity index (χ1) is 13.0. The Kier molecular flexibility index (Phi) is 6.32. The van der Waals surface area contributed by atoms with Crippen LogP contribution in [0.25, 0.3) is 0 Å². The highest BCUT2D eigenvalue weighted by atomic mass is 35.5. The Morgan fingerprint density at radius 1 is 1.07 bits per heavy atom. The van der Waals surface area contributed by atoms with Crippen LogP contribution in [-0.4, -0.2) is 36.5 Å². The Morgan fingerprint density at radius 2 is 1.70 bits per heavy atom. The highest BCUT2D eigenvalue weighted by Crippen LogP contribution is 2.13. The average molecular weight is 387 g/mol. The molecule has 2 aromatic carbocycles. The van der Waals surface area contributed by atoms with Crippen molar-refractivity contribution in [2.45, 2.75) is 25.6 Å². The van der Waals surface area contributed by atoms with E-state index in [0.717, 1.165) is 24.1 Å². The second-order valence-electron chi connectivity index (χ2n) is 6.61. The summed E-state index contributed by atoms with van der Waals surface area (Å²) in [5, 5.41) is 9.56. The molecule has 0 radical (unpaired) electrons. The Bertz CT molecular complexity index is 793. The first-order valence-electron chi connectivity index (χ1n) is 8.88. The summed E-state index contributed by atoms with van der Waals surface area (Å²) in [7, 11) is 1.82. The molecule has 3 N–H and O–H groups in total. The number of nitrogens with one attached hydrogen (secondary N) is 3. The van der Waals surface area contributed by atoms with Gasteiger partial charge in [0.2, 0.25) is 5.91 Å². The molecule has 0 spiro atoms. The number of likely N-dealkylation sites (N-methyl/N-ethyl adjacent to an activating group) is 1. The van der Waals surface area contributed by atoms with E-state index >= 15 is 0 Å². The van der Waals surface area contributed by atoms with E-state index in [2.05, 4.69) is 16.0 Å². The fraction of sp³-hybridized carbons (Fsp3) is 0.300. The number of carbonyl (C=O) groups excluding carboxylic acids is 2. The van der Waals surface area contributed by atoms with Crippen molar-refractivity contribution in [1.82, 2.24) is 15.5 Å². The van der Waals surface area contributed by atoms with E-state index in [-0.39, 0.29) is 18.0 Å². The lowest BCUT2D eigenvalue weighted by molar-refractivity contribution is -0.128. The minimum absolute atomic E-state index is 0.105. The molecule has 7 heteroatoms. The molecule has 1 atom stereocenters. The summed E-state index contributed by atoms with van der Waals surface area (Å²) in [6.07, 6.45) is 0.836. The van der Waals surface area contributed by atoms with Gasteiger partial charge in [0, 0.05) is 37.4 Å². The molecule has 0 saturated carbocycles. The SMILES string of the molecule is CN1CCC(NCc2ccc(NC(=O)NCc3ccc(Cl)cc3)cc2)C1=O. The number of nitrogens with zero attached hydrogens (tertiary/aromatic N) is 1. The largest absolute Gasteiger partial charge is 0.344 e. The summed E-state index contributed by atoms with van der Waals surface area (Å²) >= 11 is 5.84. The second-order valence-corrected chi connectivity index (χ2v) is 7.05. The van der Waals surface area contributed by atoms with Crippen LogP contribution in [0.5, 0.6) is 0 Å². The van der Waals surface area contributed by atoms with Gasteiger partial charge >= 0.3 is 6.03 Å². The summed E-state index contributed by atoms with van der Waals surface area (Å²) in [4.78, 5) is 25.6. The molecular formula is C20H23ClN4O2. The molecule has 1 aliphatic heterocycles. The maximum atomic E-state index is 12.0. The first-order valence-corrected chi connectivity index (χ1v) is 9.25. The molecule has 0 bridgehead atoms. The number of carbonyl (C=O) groups is 2. The van der Waals surface area contributed by atoms with Crippen molar-refractivity contribution in [3.8, 4) is 0 Å². The lowest BCUT2D eigenvalue weighted by atomic mass is 10.2. The van der Waals surface area contributed by atoms with Crippen molar-refractivity contribution < 1.29 is 9.59 Å². The lowest BCUT2D eigenvalue weighted by Gasteiger charge is -2.13. The summed E-state index contributed by atoms with van der Waals surface area (Å²) < 4.78 is 0. The Balaban J connectivity index is 1.43. The number of likely N-dealkylation sites (tertiary alicyclic amines) is 1. The molecule has 1 unspecified atom stereocenters. The maximum absolute atomic E-state index is 12.0. The van der Waals surface area contributed by atoms with Gasteiger partial charge in [-0.15, -0.1) is 0 Å². The van der Waals surface area contributed by atoms with Crippen molar-refractivity contribution in [2.75, 3.05) is 18.9 Å². The van der Waals surface area contributed by atoms with Gasteiger partial charge in [0.05, 0.1) is 6.04 Å². The van der Waals surface area contributed by atoms with Gasteiger partial charge in [0.1, 0.15) is 0 Å². The van der Waals surface area contributed by atoms with E-state index in [1.54, 1.807) is 17.0 Å². The molecule has 1 aliphatic rings. The summed E-state index contributed by atoms with van der Waals surface area (Å²) in [6, 6.07) is 14.5. The fourth-order valence-electron chi connectivity index (χ4n) is 2.92. The van der Waals surface area contributed by atoms with Crippen LogP contribution in [-0.2, 0) is 17.9 Å². The zero-order chi connectivity index (χ0) is 19.2. The van der Waals surface area contributed by atoms with Crippen molar-refractivity contribution >= 4 is 29.2 Å². The molecule has 0 aliphatic carbocycles. The van der Waals surface area contributed by atoms with Gasteiger partial charge in [-0.3, -0.25) is 4.79 Å². The molecule has 6 nitrogen and oxygen atoms in total. The second kappa shape index (κ2) is 8.88. The smallest absolute Gasteiger partial charge is 0.319 e. The predicted octanol–water partition coefficient (Wildman–Crippen LogP) is 2.98. The van der Waals surface area contributed by atoms with Gasteiger partial charge in [0.15, 0.2) is 0 Å². The molecule has 1 heterocycles. The lowest BCUT2D eigenvalue weighted by Crippen LogP contribution is -2.36. The van der Waals surface area contributed by atoms with E-state index in [1.165, 1.54) is 0 Å². The van der Waals surface area contributed by atoms with E-state index in [9.17, 15) is 9.59 Å². The van der Waals surface area contributed by atoms with Crippen LogP contribution in [0.15, 0.2) is 48.5 Å². The molecule has 3 amide bonds. The molecular weight excluding hydrogens is 364 g/mol. The zero-order valence-corrected chi connectivity index (χ0v) is 15.9. The normalized spacial score (nSPS) is 16.4. The van der Waals surface area contributed by atoms with E-state index in [4.69, 9.17) is 11.6 Å². The first kappa shape index (κ1) is 19.2. The molecule has 3 rings (SSSR count). The molecule has 27 heavy (non-hydrogen) atoms. The van der Waals surface area contributed by atoms with E-state index < -0.39 is 0 Å². The number of halogens is 1. The van der Waals surface area contributed by atoms with Crippen LogP contribution < -0.4 is 16.0 Å². The van der Waals surface area contributed by atoms with Crippen LogP contribution >= 0.6 is 11.6 Å². The Morgan fingerprint density at radius 3 is 2.33 bits per heavy atom. The highest BCUT2D eigenvalue weighted by molar-refractivity contribution is 6.30. The van der Waals surface area contributed by atoms with Gasteiger partial charge in [-0.05, 0) is 41.8 Å². The third kappa shape index (κ3) is 5.45. The number of urea groups is 1. The number of benzene rings is 2. The van der Waals surface area contributed by atoms with Crippen molar-refractivity contribution in [2.24, 2.45) is 0 Å².